The summed E-state index contributed by atoms with van der Waals surface area (Å²) >= 11 is 1.27. The van der Waals surface area contributed by atoms with Crippen molar-refractivity contribution in [3.8, 4) is 11.5 Å². The fourth-order valence-electron chi connectivity index (χ4n) is 2.74. The average Bonchev–Trinajstić information content (AvgIpc) is 3.15. The van der Waals surface area contributed by atoms with E-state index in [0.29, 0.717) is 11.1 Å². The van der Waals surface area contributed by atoms with E-state index in [1.165, 1.54) is 17.3 Å². The van der Waals surface area contributed by atoms with Crippen molar-refractivity contribution in [3.63, 3.8) is 0 Å². The molecule has 0 aliphatic carbocycles. The normalized spacial score (nSPS) is 12.6. The number of anilines is 1. The number of amides is 1. The maximum Gasteiger partial charge on any atom is 0.277 e. The number of benzene rings is 2. The lowest BCUT2D eigenvalue weighted by atomic mass is 9.87. The lowest BCUT2D eigenvalue weighted by Crippen LogP contribution is -2.33. The first-order valence-corrected chi connectivity index (χ1v) is 10.1. The van der Waals surface area contributed by atoms with Gasteiger partial charge >= 0.3 is 0 Å². The number of hydrogen-bond donors (Lipinski definition) is 0. The van der Waals surface area contributed by atoms with E-state index in [1.807, 2.05) is 49.4 Å². The first-order valence-electron chi connectivity index (χ1n) is 9.19. The number of carbonyl (C=O) groups is 1. The number of aromatic nitrogens is 2. The van der Waals surface area contributed by atoms with Gasteiger partial charge in [0.05, 0.1) is 5.25 Å². The van der Waals surface area contributed by atoms with Crippen LogP contribution in [0.2, 0.25) is 0 Å². The number of rotatable bonds is 5. The molecule has 1 atom stereocenters. The highest BCUT2D eigenvalue weighted by Gasteiger charge is 2.23. The first kappa shape index (κ1) is 20.1. The average molecular weight is 396 g/mol. The van der Waals surface area contributed by atoms with Gasteiger partial charge in [-0.3, -0.25) is 4.79 Å². The van der Waals surface area contributed by atoms with Gasteiger partial charge in [-0.25, -0.2) is 0 Å². The van der Waals surface area contributed by atoms with Crippen molar-refractivity contribution in [3.05, 3.63) is 60.2 Å². The molecule has 6 heteroatoms. The lowest BCUT2D eigenvalue weighted by molar-refractivity contribution is -0.117. The third-order valence-corrected chi connectivity index (χ3v) is 5.43. The molecule has 1 amide bonds. The molecule has 0 saturated carbocycles. The molecule has 0 saturated heterocycles. The third kappa shape index (κ3) is 4.62. The zero-order valence-electron chi connectivity index (χ0n) is 16.8. The summed E-state index contributed by atoms with van der Waals surface area (Å²) in [6, 6.07) is 17.7. The van der Waals surface area contributed by atoms with Gasteiger partial charge in [0.1, 0.15) is 0 Å². The molecule has 1 aromatic heterocycles. The molecule has 1 heterocycles. The molecular formula is C22H25N3O2S. The van der Waals surface area contributed by atoms with Crippen molar-refractivity contribution in [1.82, 2.24) is 10.2 Å². The van der Waals surface area contributed by atoms with Crippen LogP contribution in [0.25, 0.3) is 11.5 Å². The van der Waals surface area contributed by atoms with Crippen molar-refractivity contribution in [2.75, 3.05) is 11.9 Å². The SMILES string of the molecule is CC(Sc1nnc(-c2ccc(C(C)(C)C)cc2)o1)C(=O)N(C)c1ccccc1. The maximum atomic E-state index is 12.7. The van der Waals surface area contributed by atoms with Gasteiger partial charge in [0.15, 0.2) is 0 Å². The summed E-state index contributed by atoms with van der Waals surface area (Å²) in [7, 11) is 1.77. The highest BCUT2D eigenvalue weighted by Crippen LogP contribution is 2.29. The molecular weight excluding hydrogens is 370 g/mol. The molecule has 3 rings (SSSR count). The topological polar surface area (TPSA) is 59.2 Å². The van der Waals surface area contributed by atoms with Crippen LogP contribution >= 0.6 is 11.8 Å². The highest BCUT2D eigenvalue weighted by atomic mass is 32.2. The maximum absolute atomic E-state index is 12.7. The Labute approximate surface area is 170 Å². The van der Waals surface area contributed by atoms with Crippen molar-refractivity contribution in [1.29, 1.82) is 0 Å². The van der Waals surface area contributed by atoms with E-state index in [1.54, 1.807) is 11.9 Å². The van der Waals surface area contributed by atoms with Gasteiger partial charge < -0.3 is 9.32 Å². The van der Waals surface area contributed by atoms with Crippen LogP contribution in [-0.4, -0.2) is 28.4 Å². The van der Waals surface area contributed by atoms with E-state index in [4.69, 9.17) is 4.42 Å². The Bertz CT molecular complexity index is 930. The van der Waals surface area contributed by atoms with Crippen molar-refractivity contribution < 1.29 is 9.21 Å². The van der Waals surface area contributed by atoms with E-state index < -0.39 is 0 Å². The van der Waals surface area contributed by atoms with Gasteiger partial charge in [-0.2, -0.15) is 0 Å². The molecule has 28 heavy (non-hydrogen) atoms. The fourth-order valence-corrected chi connectivity index (χ4v) is 3.52. The molecule has 0 bridgehead atoms. The molecule has 0 radical (unpaired) electrons. The van der Waals surface area contributed by atoms with E-state index in [-0.39, 0.29) is 16.6 Å². The second-order valence-electron chi connectivity index (χ2n) is 7.69. The molecule has 0 N–H and O–H groups in total. The number of thioether (sulfide) groups is 1. The van der Waals surface area contributed by atoms with Gasteiger partial charge in [-0.05, 0) is 42.2 Å². The second kappa shape index (κ2) is 8.19. The predicted molar refractivity (Wildman–Crippen MR) is 114 cm³/mol. The molecule has 0 fully saturated rings. The molecule has 5 nitrogen and oxygen atoms in total. The number of carbonyl (C=O) groups excluding carboxylic acids is 1. The third-order valence-electron chi connectivity index (χ3n) is 4.50. The van der Waals surface area contributed by atoms with Crippen molar-refractivity contribution in [2.24, 2.45) is 0 Å². The summed E-state index contributed by atoms with van der Waals surface area (Å²) in [4.78, 5) is 14.3. The van der Waals surface area contributed by atoms with Gasteiger partial charge in [-0.15, -0.1) is 10.2 Å². The Morgan fingerprint density at radius 2 is 1.68 bits per heavy atom. The zero-order chi connectivity index (χ0) is 20.3. The van der Waals surface area contributed by atoms with Crippen LogP contribution in [0.5, 0.6) is 0 Å². The molecule has 0 spiro atoms. The molecule has 146 valence electrons. The van der Waals surface area contributed by atoms with Crippen molar-refractivity contribution in [2.45, 2.75) is 43.6 Å². The van der Waals surface area contributed by atoms with Gasteiger partial charge in [0, 0.05) is 18.3 Å². The van der Waals surface area contributed by atoms with Crippen LogP contribution in [0.4, 0.5) is 5.69 Å². The van der Waals surface area contributed by atoms with Gasteiger partial charge in [0.25, 0.3) is 5.22 Å². The van der Waals surface area contributed by atoms with Crippen molar-refractivity contribution >= 4 is 23.4 Å². The summed E-state index contributed by atoms with van der Waals surface area (Å²) in [6.07, 6.45) is 0. The Morgan fingerprint density at radius 1 is 1.04 bits per heavy atom. The zero-order valence-corrected chi connectivity index (χ0v) is 17.7. The number of para-hydroxylation sites is 1. The number of nitrogens with zero attached hydrogens (tertiary/aromatic N) is 3. The summed E-state index contributed by atoms with van der Waals surface area (Å²) in [6.45, 7) is 8.37. The number of hydrogen-bond acceptors (Lipinski definition) is 5. The molecule has 0 aliphatic heterocycles. The van der Waals surface area contributed by atoms with Crippen LogP contribution in [0.3, 0.4) is 0 Å². The Balaban J connectivity index is 1.68. The minimum Gasteiger partial charge on any atom is -0.411 e. The smallest absolute Gasteiger partial charge is 0.277 e. The van der Waals surface area contributed by atoms with E-state index in [0.717, 1.165) is 11.3 Å². The standard InChI is InChI=1S/C22H25N3O2S/c1-15(20(26)25(5)18-9-7-6-8-10-18)28-21-24-23-19(27-21)16-11-13-17(14-12-16)22(2,3)4/h6-15H,1-5H3. The molecule has 0 aliphatic rings. The van der Waals surface area contributed by atoms with Gasteiger partial charge in [-0.1, -0.05) is 62.9 Å². The van der Waals surface area contributed by atoms with E-state index in [2.05, 4.69) is 43.1 Å². The summed E-state index contributed by atoms with van der Waals surface area (Å²) in [5.74, 6) is 0.435. The van der Waals surface area contributed by atoms with Crippen LogP contribution < -0.4 is 4.90 Å². The quantitative estimate of drug-likeness (QED) is 0.557. The van der Waals surface area contributed by atoms with E-state index in [9.17, 15) is 4.79 Å². The molecule has 2 aromatic carbocycles. The monoisotopic (exact) mass is 395 g/mol. The van der Waals surface area contributed by atoms with Crippen LogP contribution in [0, 0.1) is 0 Å². The Morgan fingerprint density at radius 3 is 2.29 bits per heavy atom. The lowest BCUT2D eigenvalue weighted by Gasteiger charge is -2.20. The van der Waals surface area contributed by atoms with Crippen LogP contribution in [0.15, 0.2) is 64.2 Å². The minimum absolute atomic E-state index is 0.0227. The van der Waals surface area contributed by atoms with Gasteiger partial charge in [0.2, 0.25) is 11.8 Å². The Hall–Kier alpha value is -2.60. The van der Waals surface area contributed by atoms with E-state index >= 15 is 0 Å². The highest BCUT2D eigenvalue weighted by molar-refractivity contribution is 8.00. The summed E-state index contributed by atoms with van der Waals surface area (Å²) < 4.78 is 5.77. The predicted octanol–water partition coefficient (Wildman–Crippen LogP) is 5.18. The minimum atomic E-state index is -0.346. The first-order chi connectivity index (χ1) is 13.3. The van der Waals surface area contributed by atoms with Crippen LogP contribution in [0.1, 0.15) is 33.3 Å². The summed E-state index contributed by atoms with van der Waals surface area (Å²) in [5, 5.41) is 8.27. The largest absolute Gasteiger partial charge is 0.411 e. The van der Waals surface area contributed by atoms with Crippen LogP contribution in [-0.2, 0) is 10.2 Å². The second-order valence-corrected chi connectivity index (χ2v) is 8.99. The Kier molecular flexibility index (Phi) is 5.89. The molecule has 1 unspecified atom stereocenters. The molecule has 3 aromatic rings. The fraction of sp³-hybridized carbons (Fsp3) is 0.318. The summed E-state index contributed by atoms with van der Waals surface area (Å²) in [5.41, 5.74) is 3.06.